The Morgan fingerprint density at radius 2 is 1.93 bits per heavy atom. The van der Waals surface area contributed by atoms with Gasteiger partial charge < -0.3 is 5.73 Å². The molecular formula is C14H27N. The molecule has 1 nitrogen and oxygen atoms in total. The summed E-state index contributed by atoms with van der Waals surface area (Å²) in [5, 5.41) is 0. The maximum atomic E-state index is 6.14. The van der Waals surface area contributed by atoms with Gasteiger partial charge in [-0.2, -0.15) is 0 Å². The summed E-state index contributed by atoms with van der Waals surface area (Å²) in [7, 11) is 0. The maximum Gasteiger partial charge on any atom is 0.00673 e. The van der Waals surface area contributed by atoms with Crippen LogP contribution in [0.25, 0.3) is 0 Å². The van der Waals surface area contributed by atoms with Crippen molar-refractivity contribution in [3.05, 3.63) is 0 Å². The van der Waals surface area contributed by atoms with E-state index in [0.717, 1.165) is 23.7 Å². The van der Waals surface area contributed by atoms with Crippen LogP contribution in [-0.4, -0.2) is 6.04 Å². The van der Waals surface area contributed by atoms with Gasteiger partial charge in [-0.05, 0) is 42.9 Å². The molecule has 0 spiro atoms. The molecule has 0 saturated heterocycles. The summed E-state index contributed by atoms with van der Waals surface area (Å²) in [6, 6.07) is 0.497. The summed E-state index contributed by atoms with van der Waals surface area (Å²) in [5.74, 6) is 3.76. The third-order valence-corrected chi connectivity index (χ3v) is 5.19. The summed E-state index contributed by atoms with van der Waals surface area (Å²) in [6.45, 7) is 4.74. The van der Waals surface area contributed by atoms with Crippen molar-refractivity contribution < 1.29 is 0 Å². The van der Waals surface area contributed by atoms with Crippen LogP contribution >= 0.6 is 0 Å². The normalized spacial score (nSPS) is 47.0. The summed E-state index contributed by atoms with van der Waals surface area (Å²) in [4.78, 5) is 0. The molecule has 2 rings (SSSR count). The zero-order valence-corrected chi connectivity index (χ0v) is 10.4. The van der Waals surface area contributed by atoms with Crippen LogP contribution in [0.1, 0.15) is 58.8 Å². The first-order valence-corrected chi connectivity index (χ1v) is 6.98. The van der Waals surface area contributed by atoms with E-state index in [1.807, 2.05) is 0 Å². The second-order valence-electron chi connectivity index (χ2n) is 5.97. The molecule has 2 aliphatic carbocycles. The summed E-state index contributed by atoms with van der Waals surface area (Å²) >= 11 is 0. The smallest absolute Gasteiger partial charge is 0.00673 e. The predicted octanol–water partition coefficient (Wildman–Crippen LogP) is 3.58. The SMILES string of the molecule is CCC1CCCC(C2CCC(N)C2C)C1. The molecule has 5 unspecified atom stereocenters. The Kier molecular flexibility index (Phi) is 3.71. The van der Waals surface area contributed by atoms with Gasteiger partial charge in [0.15, 0.2) is 0 Å². The zero-order chi connectivity index (χ0) is 10.8. The Balaban J connectivity index is 1.92. The molecule has 88 valence electrons. The molecule has 0 aromatic carbocycles. The van der Waals surface area contributed by atoms with Gasteiger partial charge in [-0.1, -0.05) is 39.5 Å². The maximum absolute atomic E-state index is 6.14. The van der Waals surface area contributed by atoms with Crippen molar-refractivity contribution in [1.82, 2.24) is 0 Å². The Labute approximate surface area is 94.8 Å². The average Bonchev–Trinajstić information content (AvgIpc) is 2.60. The van der Waals surface area contributed by atoms with Crippen LogP contribution < -0.4 is 5.73 Å². The number of rotatable bonds is 2. The summed E-state index contributed by atoms with van der Waals surface area (Å²) in [6.07, 6.45) is 10.0. The average molecular weight is 209 g/mol. The van der Waals surface area contributed by atoms with Crippen molar-refractivity contribution in [2.24, 2.45) is 29.4 Å². The molecule has 2 aliphatic rings. The fourth-order valence-corrected chi connectivity index (χ4v) is 3.99. The largest absolute Gasteiger partial charge is 0.327 e. The first-order chi connectivity index (χ1) is 7.22. The van der Waals surface area contributed by atoms with Crippen molar-refractivity contribution in [2.45, 2.75) is 64.8 Å². The summed E-state index contributed by atoms with van der Waals surface area (Å²) in [5.41, 5.74) is 6.14. The Morgan fingerprint density at radius 3 is 2.53 bits per heavy atom. The van der Waals surface area contributed by atoms with E-state index in [0.29, 0.717) is 6.04 Å². The van der Waals surface area contributed by atoms with E-state index < -0.39 is 0 Å². The van der Waals surface area contributed by atoms with Gasteiger partial charge in [0.2, 0.25) is 0 Å². The minimum atomic E-state index is 0.497. The fourth-order valence-electron chi connectivity index (χ4n) is 3.99. The van der Waals surface area contributed by atoms with E-state index in [2.05, 4.69) is 13.8 Å². The molecule has 0 aromatic rings. The van der Waals surface area contributed by atoms with Gasteiger partial charge in [0.05, 0.1) is 0 Å². The van der Waals surface area contributed by atoms with Crippen molar-refractivity contribution >= 4 is 0 Å². The van der Waals surface area contributed by atoms with E-state index in [-0.39, 0.29) is 0 Å². The monoisotopic (exact) mass is 209 g/mol. The third-order valence-electron chi connectivity index (χ3n) is 5.19. The molecule has 0 amide bonds. The Hall–Kier alpha value is -0.0400. The van der Waals surface area contributed by atoms with Crippen LogP contribution in [0.3, 0.4) is 0 Å². The van der Waals surface area contributed by atoms with Crippen molar-refractivity contribution in [3.8, 4) is 0 Å². The first-order valence-electron chi connectivity index (χ1n) is 6.98. The minimum absolute atomic E-state index is 0.497. The zero-order valence-electron chi connectivity index (χ0n) is 10.4. The molecule has 0 bridgehead atoms. The van der Waals surface area contributed by atoms with E-state index in [9.17, 15) is 0 Å². The van der Waals surface area contributed by atoms with Gasteiger partial charge in [0.25, 0.3) is 0 Å². The molecule has 2 fully saturated rings. The topological polar surface area (TPSA) is 26.0 Å². The van der Waals surface area contributed by atoms with Crippen molar-refractivity contribution in [2.75, 3.05) is 0 Å². The van der Waals surface area contributed by atoms with Gasteiger partial charge in [-0.15, -0.1) is 0 Å². The predicted molar refractivity (Wildman–Crippen MR) is 65.6 cm³/mol. The highest BCUT2D eigenvalue weighted by Crippen LogP contribution is 2.44. The van der Waals surface area contributed by atoms with Crippen LogP contribution in [0.2, 0.25) is 0 Å². The molecule has 2 N–H and O–H groups in total. The van der Waals surface area contributed by atoms with Crippen LogP contribution in [0, 0.1) is 23.7 Å². The van der Waals surface area contributed by atoms with Crippen LogP contribution in [0.4, 0.5) is 0 Å². The molecule has 0 aliphatic heterocycles. The fraction of sp³-hybridized carbons (Fsp3) is 1.00. The van der Waals surface area contributed by atoms with Gasteiger partial charge in [0.1, 0.15) is 0 Å². The molecule has 2 saturated carbocycles. The number of hydrogen-bond donors (Lipinski definition) is 1. The first kappa shape index (κ1) is 11.4. The second kappa shape index (κ2) is 4.86. The second-order valence-corrected chi connectivity index (χ2v) is 5.97. The van der Waals surface area contributed by atoms with Crippen molar-refractivity contribution in [1.29, 1.82) is 0 Å². The van der Waals surface area contributed by atoms with Crippen LogP contribution in [-0.2, 0) is 0 Å². The van der Waals surface area contributed by atoms with Crippen LogP contribution in [0.5, 0.6) is 0 Å². The number of hydrogen-bond acceptors (Lipinski definition) is 1. The lowest BCUT2D eigenvalue weighted by atomic mass is 9.71. The number of nitrogens with two attached hydrogens (primary N) is 1. The molecule has 0 heterocycles. The Bertz CT molecular complexity index is 202. The molecule has 1 heteroatoms. The summed E-state index contributed by atoms with van der Waals surface area (Å²) < 4.78 is 0. The van der Waals surface area contributed by atoms with Gasteiger partial charge in [-0.25, -0.2) is 0 Å². The molecule has 5 atom stereocenters. The van der Waals surface area contributed by atoms with Gasteiger partial charge >= 0.3 is 0 Å². The molecule has 15 heavy (non-hydrogen) atoms. The van der Waals surface area contributed by atoms with E-state index in [4.69, 9.17) is 5.73 Å². The van der Waals surface area contributed by atoms with Crippen LogP contribution in [0.15, 0.2) is 0 Å². The molecular weight excluding hydrogens is 182 g/mol. The van der Waals surface area contributed by atoms with E-state index in [1.165, 1.54) is 44.9 Å². The highest BCUT2D eigenvalue weighted by Gasteiger charge is 2.37. The minimum Gasteiger partial charge on any atom is -0.327 e. The molecule has 0 radical (unpaired) electrons. The van der Waals surface area contributed by atoms with Crippen molar-refractivity contribution in [3.63, 3.8) is 0 Å². The third kappa shape index (κ3) is 2.38. The lowest BCUT2D eigenvalue weighted by molar-refractivity contribution is 0.163. The highest BCUT2D eigenvalue weighted by atomic mass is 14.7. The lowest BCUT2D eigenvalue weighted by Crippen LogP contribution is -2.30. The Morgan fingerprint density at radius 1 is 1.13 bits per heavy atom. The standard InChI is InChI=1S/C14H27N/c1-3-11-5-4-6-12(9-11)13-7-8-14(15)10(13)2/h10-14H,3-9,15H2,1-2H3. The van der Waals surface area contributed by atoms with Gasteiger partial charge in [-0.3, -0.25) is 0 Å². The van der Waals surface area contributed by atoms with E-state index >= 15 is 0 Å². The lowest BCUT2D eigenvalue weighted by Gasteiger charge is -2.35. The highest BCUT2D eigenvalue weighted by molar-refractivity contribution is 4.90. The molecule has 0 aromatic heterocycles. The quantitative estimate of drug-likeness (QED) is 0.739. The van der Waals surface area contributed by atoms with E-state index in [1.54, 1.807) is 0 Å². The van der Waals surface area contributed by atoms with Gasteiger partial charge in [0, 0.05) is 6.04 Å².